The minimum absolute atomic E-state index is 0.798. The highest BCUT2D eigenvalue weighted by Crippen LogP contribution is 2.30. The van der Waals surface area contributed by atoms with Gasteiger partial charge in [-0.1, -0.05) is 19.4 Å². The lowest BCUT2D eigenvalue weighted by atomic mass is 10.0. The van der Waals surface area contributed by atoms with Crippen LogP contribution in [0, 0.1) is 0 Å². The van der Waals surface area contributed by atoms with Gasteiger partial charge in [-0.2, -0.15) is 0 Å². The Labute approximate surface area is 97.9 Å². The summed E-state index contributed by atoms with van der Waals surface area (Å²) in [4.78, 5) is 0. The first kappa shape index (κ1) is 12.6. The summed E-state index contributed by atoms with van der Waals surface area (Å²) in [7, 11) is 3.41. The zero-order valence-corrected chi connectivity index (χ0v) is 10.4. The van der Waals surface area contributed by atoms with E-state index >= 15 is 0 Å². The van der Waals surface area contributed by atoms with Crippen LogP contribution in [-0.2, 0) is 12.8 Å². The molecule has 0 fully saturated rings. The smallest absolute Gasteiger partial charge is 0.122 e. The molecule has 1 rings (SSSR count). The van der Waals surface area contributed by atoms with Crippen LogP contribution in [0.3, 0.4) is 0 Å². The second kappa shape index (κ2) is 6.21. The van der Waals surface area contributed by atoms with Crippen molar-refractivity contribution in [3.63, 3.8) is 0 Å². The second-order valence-corrected chi connectivity index (χ2v) is 3.72. The average Bonchev–Trinajstić information content (AvgIpc) is 2.31. The number of methoxy groups -OCH3 is 2. The van der Waals surface area contributed by atoms with Gasteiger partial charge in [-0.3, -0.25) is 0 Å². The highest BCUT2D eigenvalue weighted by atomic mass is 16.5. The predicted octanol–water partition coefficient (Wildman–Crippen LogP) is 3.38. The van der Waals surface area contributed by atoms with E-state index in [-0.39, 0.29) is 0 Å². The van der Waals surface area contributed by atoms with Crippen molar-refractivity contribution in [2.45, 2.75) is 26.2 Å². The molecular weight excluding hydrogens is 200 g/mol. The van der Waals surface area contributed by atoms with Gasteiger partial charge < -0.3 is 9.47 Å². The van der Waals surface area contributed by atoms with E-state index in [4.69, 9.17) is 9.47 Å². The summed E-state index contributed by atoms with van der Waals surface area (Å²) >= 11 is 0. The molecule has 0 radical (unpaired) electrons. The largest absolute Gasteiger partial charge is 0.496 e. The predicted molar refractivity (Wildman–Crippen MR) is 67.4 cm³/mol. The number of hydrogen-bond donors (Lipinski definition) is 0. The van der Waals surface area contributed by atoms with Crippen LogP contribution in [-0.4, -0.2) is 14.2 Å². The van der Waals surface area contributed by atoms with Gasteiger partial charge in [0.25, 0.3) is 0 Å². The lowest BCUT2D eigenvalue weighted by Gasteiger charge is -2.13. The maximum Gasteiger partial charge on any atom is 0.122 e. The SMILES string of the molecule is C=CCc1cc(OC)c(CCC)cc1OC. The van der Waals surface area contributed by atoms with E-state index in [9.17, 15) is 0 Å². The third-order valence-electron chi connectivity index (χ3n) is 2.57. The number of ether oxygens (including phenoxy) is 2. The third kappa shape index (κ3) is 2.78. The molecule has 0 N–H and O–H groups in total. The van der Waals surface area contributed by atoms with Gasteiger partial charge >= 0.3 is 0 Å². The normalized spacial score (nSPS) is 9.94. The van der Waals surface area contributed by atoms with Crippen molar-refractivity contribution in [3.8, 4) is 11.5 Å². The number of rotatable bonds is 6. The maximum atomic E-state index is 5.39. The number of hydrogen-bond acceptors (Lipinski definition) is 2. The molecule has 0 saturated heterocycles. The molecule has 1 aromatic carbocycles. The number of aryl methyl sites for hydroxylation is 1. The summed E-state index contributed by atoms with van der Waals surface area (Å²) in [5.41, 5.74) is 2.32. The van der Waals surface area contributed by atoms with Crippen molar-refractivity contribution in [3.05, 3.63) is 35.9 Å². The van der Waals surface area contributed by atoms with Crippen molar-refractivity contribution >= 4 is 0 Å². The summed E-state index contributed by atoms with van der Waals surface area (Å²) in [5.74, 6) is 1.86. The van der Waals surface area contributed by atoms with Crippen LogP contribution < -0.4 is 9.47 Å². The molecule has 0 aliphatic carbocycles. The summed E-state index contributed by atoms with van der Waals surface area (Å²) in [6, 6.07) is 4.12. The van der Waals surface area contributed by atoms with E-state index in [0.717, 1.165) is 36.3 Å². The third-order valence-corrected chi connectivity index (χ3v) is 2.57. The average molecular weight is 220 g/mol. The van der Waals surface area contributed by atoms with E-state index < -0.39 is 0 Å². The van der Waals surface area contributed by atoms with Crippen molar-refractivity contribution in [1.82, 2.24) is 0 Å². The highest BCUT2D eigenvalue weighted by Gasteiger charge is 2.09. The standard InChI is InChI=1S/C14H20O2/c1-5-7-11-9-14(16-4)12(8-6-2)10-13(11)15-3/h5,9-10H,1,6-8H2,2-4H3. The first-order valence-electron chi connectivity index (χ1n) is 5.61. The summed E-state index contributed by atoms with van der Waals surface area (Å²) < 4.78 is 10.8. The molecule has 0 aliphatic rings. The number of benzene rings is 1. The molecule has 0 saturated carbocycles. The summed E-state index contributed by atoms with van der Waals surface area (Å²) in [5, 5.41) is 0. The van der Waals surface area contributed by atoms with Crippen molar-refractivity contribution < 1.29 is 9.47 Å². The molecule has 0 amide bonds. The van der Waals surface area contributed by atoms with Gasteiger partial charge in [-0.05, 0) is 30.5 Å². The Bertz CT molecular complexity index is 356. The topological polar surface area (TPSA) is 18.5 Å². The van der Waals surface area contributed by atoms with Gasteiger partial charge in [0.15, 0.2) is 0 Å². The number of allylic oxidation sites excluding steroid dienone is 1. The van der Waals surface area contributed by atoms with Crippen LogP contribution in [0.15, 0.2) is 24.8 Å². The highest BCUT2D eigenvalue weighted by molar-refractivity contribution is 5.47. The van der Waals surface area contributed by atoms with Crippen LogP contribution in [0.1, 0.15) is 24.5 Å². The van der Waals surface area contributed by atoms with E-state index in [2.05, 4.69) is 19.6 Å². The monoisotopic (exact) mass is 220 g/mol. The zero-order valence-electron chi connectivity index (χ0n) is 10.4. The Morgan fingerprint density at radius 2 is 1.69 bits per heavy atom. The molecular formula is C14H20O2. The summed E-state index contributed by atoms with van der Waals surface area (Å²) in [6.07, 6.45) is 4.77. The molecule has 88 valence electrons. The van der Waals surface area contributed by atoms with Gasteiger partial charge in [-0.25, -0.2) is 0 Å². The fourth-order valence-corrected chi connectivity index (χ4v) is 1.80. The molecule has 1 aromatic rings. The van der Waals surface area contributed by atoms with Crippen LogP contribution >= 0.6 is 0 Å². The van der Waals surface area contributed by atoms with Crippen LogP contribution in [0.4, 0.5) is 0 Å². The molecule has 2 heteroatoms. The van der Waals surface area contributed by atoms with E-state index in [1.165, 1.54) is 5.56 Å². The van der Waals surface area contributed by atoms with Gasteiger partial charge in [0.2, 0.25) is 0 Å². The molecule has 0 unspecified atom stereocenters. The minimum atomic E-state index is 0.798. The first-order valence-corrected chi connectivity index (χ1v) is 5.61. The first-order chi connectivity index (χ1) is 7.76. The second-order valence-electron chi connectivity index (χ2n) is 3.72. The van der Waals surface area contributed by atoms with E-state index in [1.807, 2.05) is 12.1 Å². The lowest BCUT2D eigenvalue weighted by Crippen LogP contribution is -1.97. The Morgan fingerprint density at radius 1 is 1.12 bits per heavy atom. The quantitative estimate of drug-likeness (QED) is 0.684. The van der Waals surface area contributed by atoms with E-state index in [0.29, 0.717) is 0 Å². The maximum absolute atomic E-state index is 5.39. The van der Waals surface area contributed by atoms with E-state index in [1.54, 1.807) is 14.2 Å². The Kier molecular flexibility index (Phi) is 4.90. The summed E-state index contributed by atoms with van der Waals surface area (Å²) in [6.45, 7) is 5.91. The van der Waals surface area contributed by atoms with Gasteiger partial charge in [0.1, 0.15) is 11.5 Å². The Hall–Kier alpha value is -1.44. The fraction of sp³-hybridized carbons (Fsp3) is 0.429. The van der Waals surface area contributed by atoms with Crippen molar-refractivity contribution in [2.75, 3.05) is 14.2 Å². The van der Waals surface area contributed by atoms with Gasteiger partial charge in [-0.15, -0.1) is 6.58 Å². The molecule has 0 bridgehead atoms. The lowest BCUT2D eigenvalue weighted by molar-refractivity contribution is 0.395. The Morgan fingerprint density at radius 3 is 2.19 bits per heavy atom. The zero-order chi connectivity index (χ0) is 12.0. The van der Waals surface area contributed by atoms with Crippen LogP contribution in [0.5, 0.6) is 11.5 Å². The molecule has 0 spiro atoms. The van der Waals surface area contributed by atoms with Gasteiger partial charge in [0, 0.05) is 5.56 Å². The molecule has 0 aliphatic heterocycles. The van der Waals surface area contributed by atoms with Crippen LogP contribution in [0.25, 0.3) is 0 Å². The fourth-order valence-electron chi connectivity index (χ4n) is 1.80. The molecule has 0 heterocycles. The molecule has 2 nitrogen and oxygen atoms in total. The molecule has 0 aromatic heterocycles. The van der Waals surface area contributed by atoms with Crippen molar-refractivity contribution in [2.24, 2.45) is 0 Å². The minimum Gasteiger partial charge on any atom is -0.496 e. The van der Waals surface area contributed by atoms with Gasteiger partial charge in [0.05, 0.1) is 14.2 Å². The Balaban J connectivity index is 3.16. The molecule has 0 atom stereocenters. The van der Waals surface area contributed by atoms with Crippen LogP contribution in [0.2, 0.25) is 0 Å². The van der Waals surface area contributed by atoms with Crippen molar-refractivity contribution in [1.29, 1.82) is 0 Å². The molecule has 16 heavy (non-hydrogen) atoms.